The Morgan fingerprint density at radius 1 is 1.10 bits per heavy atom. The van der Waals surface area contributed by atoms with Gasteiger partial charge in [0.05, 0.1) is 0 Å². The number of likely N-dealkylation sites (tertiary alicyclic amines) is 1. The second-order valence-electron chi connectivity index (χ2n) is 5.44. The molecule has 0 saturated carbocycles. The summed E-state index contributed by atoms with van der Waals surface area (Å²) >= 11 is 0. The molecule has 1 aliphatic rings. The lowest BCUT2D eigenvalue weighted by atomic mass is 9.98. The number of hydrogen-bond donors (Lipinski definition) is 1. The third-order valence-corrected chi connectivity index (χ3v) is 4.16. The number of hydrogen-bond acceptors (Lipinski definition) is 2. The summed E-state index contributed by atoms with van der Waals surface area (Å²) in [4.78, 5) is 13.7. The fourth-order valence-corrected chi connectivity index (χ4v) is 3.10. The highest BCUT2D eigenvalue weighted by molar-refractivity contribution is 5.86. The van der Waals surface area contributed by atoms with Crippen molar-refractivity contribution in [2.45, 2.75) is 25.3 Å². The van der Waals surface area contributed by atoms with Crippen molar-refractivity contribution >= 4 is 16.7 Å². The first-order valence-corrected chi connectivity index (χ1v) is 7.19. The second kappa shape index (κ2) is 5.63. The zero-order valence-corrected chi connectivity index (χ0v) is 11.5. The fourth-order valence-electron chi connectivity index (χ4n) is 3.10. The highest BCUT2D eigenvalue weighted by Crippen LogP contribution is 2.22. The summed E-state index contributed by atoms with van der Waals surface area (Å²) in [6.07, 6.45) is 2.80. The number of benzene rings is 2. The van der Waals surface area contributed by atoms with E-state index < -0.39 is 12.0 Å². The molecule has 0 aromatic heterocycles. The van der Waals surface area contributed by atoms with Crippen molar-refractivity contribution < 1.29 is 9.90 Å². The van der Waals surface area contributed by atoms with E-state index in [1.54, 1.807) is 0 Å². The van der Waals surface area contributed by atoms with Crippen LogP contribution in [0.1, 0.15) is 18.4 Å². The highest BCUT2D eigenvalue weighted by atomic mass is 16.4. The van der Waals surface area contributed by atoms with Gasteiger partial charge in [-0.3, -0.25) is 9.69 Å². The molecule has 1 N–H and O–H groups in total. The summed E-state index contributed by atoms with van der Waals surface area (Å²) in [7, 11) is 0. The van der Waals surface area contributed by atoms with Crippen molar-refractivity contribution in [2.24, 2.45) is 0 Å². The van der Waals surface area contributed by atoms with E-state index >= 15 is 0 Å². The predicted octanol–water partition coefficient (Wildman–Crippen LogP) is 2.93. The van der Waals surface area contributed by atoms with Crippen molar-refractivity contribution in [1.82, 2.24) is 4.90 Å². The molecule has 1 fully saturated rings. The SMILES string of the molecule is O=C(O)C(Cc1cccc2ccccc12)N1CCCC1. The molecule has 0 bridgehead atoms. The molecule has 0 radical (unpaired) electrons. The molecule has 1 atom stereocenters. The van der Waals surface area contributed by atoms with Crippen LogP contribution in [-0.4, -0.2) is 35.1 Å². The van der Waals surface area contributed by atoms with Gasteiger partial charge in [-0.1, -0.05) is 42.5 Å². The van der Waals surface area contributed by atoms with Gasteiger partial charge in [0.25, 0.3) is 0 Å². The van der Waals surface area contributed by atoms with Gasteiger partial charge in [0.15, 0.2) is 0 Å². The molecule has 20 heavy (non-hydrogen) atoms. The first-order chi connectivity index (χ1) is 9.75. The minimum atomic E-state index is -0.708. The molecular weight excluding hydrogens is 250 g/mol. The second-order valence-corrected chi connectivity index (χ2v) is 5.44. The largest absolute Gasteiger partial charge is 0.480 e. The van der Waals surface area contributed by atoms with Gasteiger partial charge < -0.3 is 5.11 Å². The molecule has 2 aromatic carbocycles. The Kier molecular flexibility index (Phi) is 3.70. The van der Waals surface area contributed by atoms with E-state index in [1.807, 2.05) is 24.3 Å². The molecular formula is C17H19NO2. The van der Waals surface area contributed by atoms with Gasteiger partial charge in [0.2, 0.25) is 0 Å². The number of fused-ring (bicyclic) bond motifs is 1. The van der Waals surface area contributed by atoms with E-state index in [0.717, 1.165) is 31.5 Å². The zero-order valence-electron chi connectivity index (χ0n) is 11.5. The average Bonchev–Trinajstić information content (AvgIpc) is 2.98. The minimum Gasteiger partial charge on any atom is -0.480 e. The third kappa shape index (κ3) is 2.54. The monoisotopic (exact) mass is 269 g/mol. The van der Waals surface area contributed by atoms with Crippen molar-refractivity contribution in [3.8, 4) is 0 Å². The van der Waals surface area contributed by atoms with E-state index in [4.69, 9.17) is 0 Å². The van der Waals surface area contributed by atoms with Crippen LogP contribution in [0.5, 0.6) is 0 Å². The van der Waals surface area contributed by atoms with Gasteiger partial charge in [-0.05, 0) is 48.7 Å². The summed E-state index contributed by atoms with van der Waals surface area (Å²) in [6.45, 7) is 1.81. The van der Waals surface area contributed by atoms with Crippen molar-refractivity contribution in [3.63, 3.8) is 0 Å². The first kappa shape index (κ1) is 13.1. The molecule has 1 saturated heterocycles. The van der Waals surface area contributed by atoms with Gasteiger partial charge in [-0.15, -0.1) is 0 Å². The Morgan fingerprint density at radius 2 is 1.80 bits per heavy atom. The van der Waals surface area contributed by atoms with Crippen LogP contribution >= 0.6 is 0 Å². The Labute approximate surface area is 118 Å². The molecule has 104 valence electrons. The molecule has 2 aromatic rings. The van der Waals surface area contributed by atoms with E-state index in [1.165, 1.54) is 10.8 Å². The summed E-state index contributed by atoms with van der Waals surface area (Å²) in [5, 5.41) is 11.9. The van der Waals surface area contributed by atoms with Gasteiger partial charge in [-0.2, -0.15) is 0 Å². The lowest BCUT2D eigenvalue weighted by Gasteiger charge is -2.24. The molecule has 1 aliphatic heterocycles. The number of carboxylic acid groups (broad SMARTS) is 1. The van der Waals surface area contributed by atoms with Crippen LogP contribution < -0.4 is 0 Å². The maximum absolute atomic E-state index is 11.6. The van der Waals surface area contributed by atoms with E-state index in [0.29, 0.717) is 6.42 Å². The Hall–Kier alpha value is -1.87. The quantitative estimate of drug-likeness (QED) is 0.927. The van der Waals surface area contributed by atoms with Crippen molar-refractivity contribution in [3.05, 3.63) is 48.0 Å². The van der Waals surface area contributed by atoms with E-state index in [2.05, 4.69) is 23.1 Å². The number of carboxylic acids is 1. The normalized spacial score (nSPS) is 17.4. The van der Waals surface area contributed by atoms with Crippen LogP contribution in [0.15, 0.2) is 42.5 Å². The standard InChI is InChI=1S/C17H19NO2/c19-17(20)16(18-10-3-4-11-18)12-14-8-5-7-13-6-1-2-9-15(13)14/h1-2,5-9,16H,3-4,10-12H2,(H,19,20). The third-order valence-electron chi connectivity index (χ3n) is 4.16. The number of carbonyl (C=O) groups is 1. The first-order valence-electron chi connectivity index (χ1n) is 7.19. The maximum atomic E-state index is 11.6. The van der Waals surface area contributed by atoms with Crippen LogP contribution in [-0.2, 0) is 11.2 Å². The average molecular weight is 269 g/mol. The number of rotatable bonds is 4. The lowest BCUT2D eigenvalue weighted by molar-refractivity contribution is -0.142. The van der Waals surface area contributed by atoms with Crippen molar-refractivity contribution in [1.29, 1.82) is 0 Å². The molecule has 0 amide bonds. The molecule has 1 unspecified atom stereocenters. The molecule has 3 nitrogen and oxygen atoms in total. The summed E-state index contributed by atoms with van der Waals surface area (Å²) in [5.74, 6) is -0.708. The van der Waals surface area contributed by atoms with Crippen LogP contribution in [0, 0.1) is 0 Å². The van der Waals surface area contributed by atoms with E-state index in [-0.39, 0.29) is 0 Å². The molecule has 0 spiro atoms. The van der Waals surface area contributed by atoms with Gasteiger partial charge in [-0.25, -0.2) is 0 Å². The van der Waals surface area contributed by atoms with Crippen molar-refractivity contribution in [2.75, 3.05) is 13.1 Å². The Bertz CT molecular complexity index is 612. The van der Waals surface area contributed by atoms with E-state index in [9.17, 15) is 9.90 Å². The van der Waals surface area contributed by atoms with Crippen LogP contribution in [0.2, 0.25) is 0 Å². The summed E-state index contributed by atoms with van der Waals surface area (Å²) in [5.41, 5.74) is 1.13. The topological polar surface area (TPSA) is 40.5 Å². The maximum Gasteiger partial charge on any atom is 0.321 e. The Morgan fingerprint density at radius 3 is 2.55 bits per heavy atom. The van der Waals surface area contributed by atoms with Crippen LogP contribution in [0.3, 0.4) is 0 Å². The predicted molar refractivity (Wildman–Crippen MR) is 79.9 cm³/mol. The molecule has 3 rings (SSSR count). The summed E-state index contributed by atoms with van der Waals surface area (Å²) in [6, 6.07) is 13.9. The Balaban J connectivity index is 1.92. The fraction of sp³-hybridized carbons (Fsp3) is 0.353. The van der Waals surface area contributed by atoms with Gasteiger partial charge in [0, 0.05) is 0 Å². The minimum absolute atomic E-state index is 0.400. The smallest absolute Gasteiger partial charge is 0.321 e. The lowest BCUT2D eigenvalue weighted by Crippen LogP contribution is -2.40. The van der Waals surface area contributed by atoms with Gasteiger partial charge in [0.1, 0.15) is 6.04 Å². The number of nitrogens with zero attached hydrogens (tertiary/aromatic N) is 1. The summed E-state index contributed by atoms with van der Waals surface area (Å²) < 4.78 is 0. The highest BCUT2D eigenvalue weighted by Gasteiger charge is 2.28. The molecule has 1 heterocycles. The van der Waals surface area contributed by atoms with Gasteiger partial charge >= 0.3 is 5.97 Å². The zero-order chi connectivity index (χ0) is 13.9. The number of aliphatic carboxylic acids is 1. The van der Waals surface area contributed by atoms with Crippen LogP contribution in [0.4, 0.5) is 0 Å². The molecule has 3 heteroatoms. The molecule has 0 aliphatic carbocycles. The van der Waals surface area contributed by atoms with Crippen LogP contribution in [0.25, 0.3) is 10.8 Å².